The summed E-state index contributed by atoms with van der Waals surface area (Å²) in [6, 6.07) is -0.998. The third kappa shape index (κ3) is 11.6. The Labute approximate surface area is 362 Å². The van der Waals surface area contributed by atoms with E-state index >= 15 is 26.3 Å². The van der Waals surface area contributed by atoms with Gasteiger partial charge in [-0.1, -0.05) is 83.1 Å². The summed E-state index contributed by atoms with van der Waals surface area (Å²) in [4.78, 5) is 26.7. The van der Waals surface area contributed by atoms with Crippen LogP contribution in [0.3, 0.4) is 0 Å². The fraction of sp³-hybridized carbons (Fsp3) is 0.435. The second-order valence-electron chi connectivity index (χ2n) is 19.4. The minimum atomic E-state index is -5.85. The van der Waals surface area contributed by atoms with E-state index in [9.17, 15) is 35.9 Å². The highest BCUT2D eigenvalue weighted by molar-refractivity contribution is 6.12. The molecule has 0 fully saturated rings. The molecule has 6 nitrogen and oxygen atoms in total. The van der Waals surface area contributed by atoms with Crippen LogP contribution < -0.4 is 0 Å². The third-order valence-electron chi connectivity index (χ3n) is 9.95. The van der Waals surface area contributed by atoms with Crippen LogP contribution in [0, 0.1) is 21.7 Å². The maximum Gasteiger partial charge on any atom is 0.419 e. The van der Waals surface area contributed by atoms with Gasteiger partial charge < -0.3 is 0 Å². The average Bonchev–Trinajstić information content (AvgIpc) is 3.08. The molecule has 2 aliphatic carbocycles. The first-order valence-electron chi connectivity index (χ1n) is 19.5. The van der Waals surface area contributed by atoms with E-state index in [0.717, 1.165) is 12.4 Å². The lowest BCUT2D eigenvalue weighted by atomic mass is 9.72. The molecule has 0 amide bonds. The molecule has 2 aromatic carbocycles. The lowest BCUT2D eigenvalue weighted by Crippen LogP contribution is -2.27. The first-order valence-corrected chi connectivity index (χ1v) is 19.5. The number of Topliss-reactive ketones (excluding diaryl/α,β-unsaturated/α-hetero) is 2. The summed E-state index contributed by atoms with van der Waals surface area (Å²) in [6.45, 7) is 20.4. The van der Waals surface area contributed by atoms with Crippen molar-refractivity contribution in [2.24, 2.45) is 42.1 Å². The van der Waals surface area contributed by atoms with E-state index < -0.39 is 91.1 Å². The zero-order chi connectivity index (χ0) is 49.1. The molecule has 0 atom stereocenters. The van der Waals surface area contributed by atoms with Crippen LogP contribution in [0.25, 0.3) is 11.1 Å². The SMILES string of the molecule is CC(C)(C)C1=CC(=C/N=N/c2cc(C(F)(F)F)cc(-c3cc(C(F)(F)F)cc(/N=N/C=C4C=C(C(C)(C)C)C(=O)C(C(C)(C)C)=C4)c3C(F)(F)F)c2C(F)(F)F)C=C(C(C)(C)C)C1=O. The first-order chi connectivity index (χ1) is 28.6. The molecule has 0 saturated heterocycles. The fourth-order valence-electron chi connectivity index (χ4n) is 6.75. The predicted octanol–water partition coefficient (Wildman–Crippen LogP) is 16.4. The largest absolute Gasteiger partial charge is 0.419 e. The van der Waals surface area contributed by atoms with E-state index in [-0.39, 0.29) is 69.3 Å². The Morgan fingerprint density at radius 2 is 0.641 bits per heavy atom. The summed E-state index contributed by atoms with van der Waals surface area (Å²) in [5.74, 6) is -0.701. The van der Waals surface area contributed by atoms with Crippen LogP contribution in [0.5, 0.6) is 0 Å². The predicted molar refractivity (Wildman–Crippen MR) is 217 cm³/mol. The maximum absolute atomic E-state index is 15.1. The highest BCUT2D eigenvalue weighted by atomic mass is 19.4. The Balaban J connectivity index is 2.11. The topological polar surface area (TPSA) is 83.6 Å². The molecule has 0 saturated carbocycles. The number of hydrogen-bond donors (Lipinski definition) is 0. The number of rotatable bonds is 5. The number of halogens is 12. The van der Waals surface area contributed by atoms with Crippen molar-refractivity contribution >= 4 is 22.9 Å². The average molecular weight is 915 g/mol. The molecule has 346 valence electrons. The molecule has 18 heteroatoms. The Bertz CT molecular complexity index is 2250. The van der Waals surface area contributed by atoms with Gasteiger partial charge in [0, 0.05) is 22.3 Å². The minimum absolute atomic E-state index is 0.0798. The standard InChI is InChI=1S/C46H46F12N4O2/c1-39(2,3)29-13-23(14-30(37(29)63)40(4,5)6)21-59-61-33-19-25(43(47,48)49)17-27(35(33)45(53,54)55)28-18-26(44(50,51)52)20-34(36(28)46(56,57)58)62-60-22-24-15-31(41(7,8)9)38(64)32(16-24)42(10,11)12/h13-22H,1-12H3/b61-59+,62-60+. The van der Waals surface area contributed by atoms with Crippen molar-refractivity contribution < 1.29 is 62.3 Å². The monoisotopic (exact) mass is 914 g/mol. The summed E-state index contributed by atoms with van der Waals surface area (Å²) >= 11 is 0. The smallest absolute Gasteiger partial charge is 0.289 e. The van der Waals surface area contributed by atoms with Crippen molar-refractivity contribution in [3.8, 4) is 11.1 Å². The lowest BCUT2D eigenvalue weighted by molar-refractivity contribution is -0.141. The molecule has 0 aromatic heterocycles. The summed E-state index contributed by atoms with van der Waals surface area (Å²) in [7, 11) is 0. The first kappa shape index (κ1) is 51.2. The normalized spacial score (nSPS) is 16.7. The Kier molecular flexibility index (Phi) is 13.5. The Morgan fingerprint density at radius 3 is 0.844 bits per heavy atom. The van der Waals surface area contributed by atoms with Crippen molar-refractivity contribution in [2.75, 3.05) is 0 Å². The van der Waals surface area contributed by atoms with Gasteiger partial charge in [-0.05, 0) is 92.5 Å². The van der Waals surface area contributed by atoms with Crippen LogP contribution in [0.4, 0.5) is 64.1 Å². The van der Waals surface area contributed by atoms with Crippen molar-refractivity contribution in [3.05, 3.63) is 117 Å². The van der Waals surface area contributed by atoms with Gasteiger partial charge in [0.25, 0.3) is 0 Å². The molecule has 64 heavy (non-hydrogen) atoms. The number of carbonyl (C=O) groups excluding carboxylic acids is 2. The van der Waals surface area contributed by atoms with Gasteiger partial charge in [-0.2, -0.15) is 73.1 Å². The van der Waals surface area contributed by atoms with Gasteiger partial charge >= 0.3 is 24.7 Å². The van der Waals surface area contributed by atoms with Crippen LogP contribution in [-0.4, -0.2) is 11.6 Å². The summed E-state index contributed by atoms with van der Waals surface area (Å²) in [5, 5.41) is 13.8. The van der Waals surface area contributed by atoms with Crippen LogP contribution in [-0.2, 0) is 34.3 Å². The zero-order valence-corrected chi connectivity index (χ0v) is 36.9. The number of allylic oxidation sites excluding steroid dienone is 10. The molecule has 2 aromatic rings. The zero-order valence-electron chi connectivity index (χ0n) is 36.9. The van der Waals surface area contributed by atoms with Crippen molar-refractivity contribution in [1.29, 1.82) is 0 Å². The van der Waals surface area contributed by atoms with Crippen LogP contribution in [0.1, 0.15) is 105 Å². The van der Waals surface area contributed by atoms with Crippen LogP contribution in [0.15, 0.2) is 115 Å². The number of azo groups is 2. The lowest BCUT2D eigenvalue weighted by Gasteiger charge is -2.31. The van der Waals surface area contributed by atoms with Crippen LogP contribution >= 0.6 is 0 Å². The Hall–Kier alpha value is -5.42. The van der Waals surface area contributed by atoms with E-state index in [0.29, 0.717) is 0 Å². The number of hydrogen-bond acceptors (Lipinski definition) is 6. The summed E-state index contributed by atoms with van der Waals surface area (Å²) in [6.07, 6.45) is -15.8. The molecule has 0 heterocycles. The molecule has 0 spiro atoms. The summed E-state index contributed by atoms with van der Waals surface area (Å²) in [5.41, 5.74) is -17.8. The highest BCUT2D eigenvalue weighted by Crippen LogP contribution is 2.53. The molecule has 0 radical (unpaired) electrons. The van der Waals surface area contributed by atoms with Crippen LogP contribution in [0.2, 0.25) is 0 Å². The molecule has 2 aliphatic rings. The second-order valence-corrected chi connectivity index (χ2v) is 19.4. The molecule has 0 unspecified atom stereocenters. The van der Waals surface area contributed by atoms with Gasteiger partial charge in [0.1, 0.15) is 0 Å². The third-order valence-corrected chi connectivity index (χ3v) is 9.95. The second kappa shape index (κ2) is 16.9. The van der Waals surface area contributed by atoms with E-state index in [2.05, 4.69) is 20.5 Å². The van der Waals surface area contributed by atoms with Gasteiger partial charge in [-0.15, -0.1) is 0 Å². The number of benzene rings is 2. The van der Waals surface area contributed by atoms with Crippen molar-refractivity contribution in [1.82, 2.24) is 0 Å². The number of alkyl halides is 12. The van der Waals surface area contributed by atoms with E-state index in [1.54, 1.807) is 83.1 Å². The van der Waals surface area contributed by atoms with Gasteiger partial charge in [0.15, 0.2) is 11.6 Å². The Morgan fingerprint density at radius 1 is 0.391 bits per heavy atom. The quantitative estimate of drug-likeness (QED) is 0.221. The molecule has 4 rings (SSSR count). The number of carbonyl (C=O) groups is 2. The van der Waals surface area contributed by atoms with Crippen molar-refractivity contribution in [2.45, 2.75) is 108 Å². The molecule has 0 aliphatic heterocycles. The van der Waals surface area contributed by atoms with Gasteiger partial charge in [-0.3, -0.25) is 9.59 Å². The number of nitrogens with zero attached hydrogens (tertiary/aromatic N) is 4. The van der Waals surface area contributed by atoms with E-state index in [1.807, 2.05) is 0 Å². The molecular formula is C46H46F12N4O2. The highest BCUT2D eigenvalue weighted by Gasteiger charge is 2.46. The van der Waals surface area contributed by atoms with Gasteiger partial charge in [0.2, 0.25) is 0 Å². The van der Waals surface area contributed by atoms with Crippen molar-refractivity contribution in [3.63, 3.8) is 0 Å². The number of ketones is 2. The fourth-order valence-corrected chi connectivity index (χ4v) is 6.75. The van der Waals surface area contributed by atoms with E-state index in [4.69, 9.17) is 0 Å². The molecular weight excluding hydrogens is 869 g/mol. The maximum atomic E-state index is 15.1. The minimum Gasteiger partial charge on any atom is -0.289 e. The van der Waals surface area contributed by atoms with E-state index in [1.165, 1.54) is 24.3 Å². The summed E-state index contributed by atoms with van der Waals surface area (Å²) < 4.78 is 177. The van der Waals surface area contributed by atoms with Gasteiger partial charge in [0.05, 0.1) is 46.0 Å². The molecule has 0 bridgehead atoms. The van der Waals surface area contributed by atoms with Gasteiger partial charge in [-0.25, -0.2) is 0 Å². The molecule has 0 N–H and O–H groups in total.